The van der Waals surface area contributed by atoms with Gasteiger partial charge >= 0.3 is 0 Å². The molecule has 1 heterocycles. The average molecular weight is 344 g/mol. The highest BCUT2D eigenvalue weighted by molar-refractivity contribution is 7.89. The Hall–Kier alpha value is -1.60. The maximum Gasteiger partial charge on any atom is 0.226 e. The van der Waals surface area contributed by atoms with Gasteiger partial charge in [-0.1, -0.05) is 29.7 Å². The fraction of sp³-hybridized carbons (Fsp3) is 0.429. The van der Waals surface area contributed by atoms with Crippen molar-refractivity contribution in [3.05, 3.63) is 40.5 Å². The predicted molar refractivity (Wildman–Crippen MR) is 85.6 cm³/mol. The Morgan fingerprint density at radius 2 is 2.14 bits per heavy atom. The van der Waals surface area contributed by atoms with Crippen LogP contribution in [0.2, 0.25) is 5.02 Å². The van der Waals surface area contributed by atoms with Gasteiger partial charge in [0.1, 0.15) is 0 Å². The molecule has 8 heteroatoms. The first-order chi connectivity index (χ1) is 10.4. The summed E-state index contributed by atoms with van der Waals surface area (Å²) in [6.45, 7) is 2.39. The van der Waals surface area contributed by atoms with Crippen molar-refractivity contribution in [3.63, 3.8) is 0 Å². The molecular formula is C14H18ClN3O3S. The number of anilines is 1. The minimum atomic E-state index is -3.09. The van der Waals surface area contributed by atoms with Crippen LogP contribution in [0.5, 0.6) is 0 Å². The molecule has 6 nitrogen and oxygen atoms in total. The Morgan fingerprint density at radius 1 is 1.36 bits per heavy atom. The lowest BCUT2D eigenvalue weighted by atomic mass is 10.2. The highest BCUT2D eigenvalue weighted by Crippen LogP contribution is 2.24. The smallest absolute Gasteiger partial charge is 0.226 e. The van der Waals surface area contributed by atoms with Crippen molar-refractivity contribution in [2.75, 3.05) is 11.6 Å². The Balaban J connectivity index is 2.06. The zero-order chi connectivity index (χ0) is 16.2. The fourth-order valence-electron chi connectivity index (χ4n) is 1.95. The van der Waals surface area contributed by atoms with Crippen molar-refractivity contribution in [1.82, 2.24) is 10.1 Å². The van der Waals surface area contributed by atoms with E-state index in [-0.39, 0.29) is 5.75 Å². The number of hydrogen-bond donors (Lipinski definition) is 1. The van der Waals surface area contributed by atoms with Gasteiger partial charge in [-0.2, -0.15) is 4.98 Å². The molecule has 0 atom stereocenters. The molecule has 0 aliphatic rings. The number of benzene rings is 1. The average Bonchev–Trinajstić information content (AvgIpc) is 2.86. The molecule has 0 saturated carbocycles. The molecule has 0 amide bonds. The highest BCUT2D eigenvalue weighted by Gasteiger charge is 2.09. The van der Waals surface area contributed by atoms with Gasteiger partial charge in [0.2, 0.25) is 5.89 Å². The quantitative estimate of drug-likeness (QED) is 0.832. The van der Waals surface area contributed by atoms with Crippen LogP contribution in [0.25, 0.3) is 0 Å². The highest BCUT2D eigenvalue weighted by atomic mass is 35.5. The summed E-state index contributed by atoms with van der Waals surface area (Å²) in [5.41, 5.74) is 1.32. The SMILES string of the molecule is CCCc1nc(CNc2cc(CS(C)(=O)=O)ccc2Cl)no1. The van der Waals surface area contributed by atoms with Crippen molar-refractivity contribution in [1.29, 1.82) is 0 Å². The number of nitrogens with zero attached hydrogens (tertiary/aromatic N) is 2. The van der Waals surface area contributed by atoms with Gasteiger partial charge in [-0.05, 0) is 24.1 Å². The van der Waals surface area contributed by atoms with E-state index < -0.39 is 9.84 Å². The van der Waals surface area contributed by atoms with E-state index in [1.807, 2.05) is 6.92 Å². The number of nitrogens with one attached hydrogen (secondary N) is 1. The van der Waals surface area contributed by atoms with E-state index in [1.165, 1.54) is 6.26 Å². The molecule has 22 heavy (non-hydrogen) atoms. The van der Waals surface area contributed by atoms with Gasteiger partial charge in [-0.3, -0.25) is 0 Å². The molecule has 0 aliphatic carbocycles. The molecule has 0 fully saturated rings. The number of hydrogen-bond acceptors (Lipinski definition) is 6. The van der Waals surface area contributed by atoms with Gasteiger partial charge in [0.05, 0.1) is 23.0 Å². The lowest BCUT2D eigenvalue weighted by Crippen LogP contribution is -2.04. The Morgan fingerprint density at radius 3 is 2.82 bits per heavy atom. The number of sulfone groups is 1. The third-order valence-corrected chi connectivity index (χ3v) is 4.06. The zero-order valence-electron chi connectivity index (χ0n) is 12.5. The van der Waals surface area contributed by atoms with Gasteiger partial charge in [-0.25, -0.2) is 8.42 Å². The molecular weight excluding hydrogens is 326 g/mol. The van der Waals surface area contributed by atoms with Gasteiger partial charge in [-0.15, -0.1) is 0 Å². The third-order valence-electron chi connectivity index (χ3n) is 2.87. The molecule has 0 saturated heterocycles. The predicted octanol–water partition coefficient (Wildman–Crippen LogP) is 2.83. The van der Waals surface area contributed by atoms with Gasteiger partial charge in [0, 0.05) is 12.7 Å². The second-order valence-electron chi connectivity index (χ2n) is 5.09. The molecule has 1 aromatic heterocycles. The number of rotatable bonds is 7. The summed E-state index contributed by atoms with van der Waals surface area (Å²) < 4.78 is 27.8. The maximum absolute atomic E-state index is 11.4. The summed E-state index contributed by atoms with van der Waals surface area (Å²) in [5, 5.41) is 7.48. The molecule has 0 spiro atoms. The molecule has 2 aromatic rings. The summed E-state index contributed by atoms with van der Waals surface area (Å²) >= 11 is 6.11. The van der Waals surface area contributed by atoms with Crippen molar-refractivity contribution in [2.45, 2.75) is 32.1 Å². The minimum Gasteiger partial charge on any atom is -0.376 e. The van der Waals surface area contributed by atoms with Crippen molar-refractivity contribution in [2.24, 2.45) is 0 Å². The standard InChI is InChI=1S/C14H18ClN3O3S/c1-3-4-14-17-13(18-21-14)8-16-12-7-10(5-6-11(12)15)9-22(2,19)20/h5-7,16H,3-4,8-9H2,1-2H3. The first-order valence-corrected chi connectivity index (χ1v) is 9.32. The Bertz CT molecular complexity index is 744. The molecule has 1 N–H and O–H groups in total. The minimum absolute atomic E-state index is 0.0261. The lowest BCUT2D eigenvalue weighted by molar-refractivity contribution is 0.372. The fourth-order valence-corrected chi connectivity index (χ4v) is 2.92. The Kier molecular flexibility index (Phi) is 5.42. The second kappa shape index (κ2) is 7.11. The molecule has 120 valence electrons. The van der Waals surface area contributed by atoms with Crippen LogP contribution in [0.4, 0.5) is 5.69 Å². The summed E-state index contributed by atoms with van der Waals surface area (Å²) in [7, 11) is -3.09. The summed E-state index contributed by atoms with van der Waals surface area (Å²) in [6.07, 6.45) is 2.88. The van der Waals surface area contributed by atoms with Crippen LogP contribution in [0.15, 0.2) is 22.7 Å². The third kappa shape index (κ3) is 4.99. The van der Waals surface area contributed by atoms with Crippen LogP contribution in [0.1, 0.15) is 30.6 Å². The van der Waals surface area contributed by atoms with Gasteiger partial charge in [0.25, 0.3) is 0 Å². The van der Waals surface area contributed by atoms with Crippen LogP contribution < -0.4 is 5.32 Å². The van der Waals surface area contributed by atoms with Crippen LogP contribution in [-0.2, 0) is 28.6 Å². The van der Waals surface area contributed by atoms with E-state index in [4.69, 9.17) is 16.1 Å². The maximum atomic E-state index is 11.4. The summed E-state index contributed by atoms with van der Waals surface area (Å²) in [6, 6.07) is 5.09. The number of aromatic nitrogens is 2. The van der Waals surface area contributed by atoms with E-state index in [1.54, 1.807) is 18.2 Å². The van der Waals surface area contributed by atoms with Crippen LogP contribution in [0.3, 0.4) is 0 Å². The second-order valence-corrected chi connectivity index (χ2v) is 7.64. The van der Waals surface area contributed by atoms with E-state index in [2.05, 4.69) is 15.5 Å². The lowest BCUT2D eigenvalue weighted by Gasteiger charge is -2.08. The van der Waals surface area contributed by atoms with Crippen LogP contribution in [-0.4, -0.2) is 24.8 Å². The molecule has 0 bridgehead atoms. The van der Waals surface area contributed by atoms with E-state index in [0.29, 0.717) is 34.5 Å². The van der Waals surface area contributed by atoms with E-state index in [0.717, 1.165) is 12.8 Å². The first-order valence-electron chi connectivity index (χ1n) is 6.89. The van der Waals surface area contributed by atoms with Crippen molar-refractivity contribution in [3.8, 4) is 0 Å². The van der Waals surface area contributed by atoms with Gasteiger partial charge in [0.15, 0.2) is 15.7 Å². The van der Waals surface area contributed by atoms with Crippen LogP contribution in [0, 0.1) is 0 Å². The monoisotopic (exact) mass is 343 g/mol. The Labute approximate surface area is 134 Å². The number of halogens is 1. The van der Waals surface area contributed by atoms with Crippen LogP contribution >= 0.6 is 11.6 Å². The summed E-state index contributed by atoms with van der Waals surface area (Å²) in [5.74, 6) is 1.12. The van der Waals surface area contributed by atoms with E-state index in [9.17, 15) is 8.42 Å². The molecule has 0 radical (unpaired) electrons. The first kappa shape index (κ1) is 16.8. The van der Waals surface area contributed by atoms with Crippen molar-refractivity contribution < 1.29 is 12.9 Å². The topological polar surface area (TPSA) is 85.1 Å². The number of aryl methyl sites for hydroxylation is 1. The zero-order valence-corrected chi connectivity index (χ0v) is 14.0. The molecule has 0 unspecified atom stereocenters. The molecule has 1 aromatic carbocycles. The van der Waals surface area contributed by atoms with E-state index >= 15 is 0 Å². The van der Waals surface area contributed by atoms with Gasteiger partial charge < -0.3 is 9.84 Å². The normalized spacial score (nSPS) is 11.6. The molecule has 2 rings (SSSR count). The summed E-state index contributed by atoms with van der Waals surface area (Å²) in [4.78, 5) is 4.25. The van der Waals surface area contributed by atoms with Crippen molar-refractivity contribution >= 4 is 27.1 Å². The largest absolute Gasteiger partial charge is 0.376 e. The molecule has 0 aliphatic heterocycles.